The van der Waals surface area contributed by atoms with E-state index in [0.29, 0.717) is 12.1 Å². The molecule has 1 aromatic carbocycles. The van der Waals surface area contributed by atoms with E-state index in [9.17, 15) is 0 Å². The van der Waals surface area contributed by atoms with Crippen LogP contribution in [0.1, 0.15) is 32.8 Å². The van der Waals surface area contributed by atoms with Gasteiger partial charge in [-0.3, -0.25) is 0 Å². The summed E-state index contributed by atoms with van der Waals surface area (Å²) >= 11 is 0. The van der Waals surface area contributed by atoms with E-state index in [1.807, 2.05) is 0 Å². The fraction of sp³-hybridized carbons (Fsp3) is 0.600. The zero-order valence-electron chi connectivity index (χ0n) is 11.8. The molecule has 0 spiro atoms. The van der Waals surface area contributed by atoms with E-state index in [1.54, 1.807) is 0 Å². The Morgan fingerprint density at radius 1 is 1.24 bits per heavy atom. The molecule has 0 bridgehead atoms. The van der Waals surface area contributed by atoms with Crippen molar-refractivity contribution < 1.29 is 0 Å². The first-order valence-electron chi connectivity index (χ1n) is 6.65. The second-order valence-corrected chi connectivity index (χ2v) is 4.62. The molecule has 96 valence electrons. The average Bonchev–Trinajstić information content (AvgIpc) is 2.34. The lowest BCUT2D eigenvalue weighted by Crippen LogP contribution is -2.47. The SMILES string of the molecule is CCC(NC)C(C)N(CC)c1ccccc1C. The van der Waals surface area contributed by atoms with E-state index in [4.69, 9.17) is 0 Å². The zero-order chi connectivity index (χ0) is 12.8. The van der Waals surface area contributed by atoms with Gasteiger partial charge >= 0.3 is 0 Å². The van der Waals surface area contributed by atoms with E-state index in [1.165, 1.54) is 11.3 Å². The van der Waals surface area contributed by atoms with Crippen LogP contribution < -0.4 is 10.2 Å². The van der Waals surface area contributed by atoms with Gasteiger partial charge in [0.15, 0.2) is 0 Å². The number of hydrogen-bond donors (Lipinski definition) is 1. The lowest BCUT2D eigenvalue weighted by molar-refractivity contribution is 0.445. The maximum Gasteiger partial charge on any atom is 0.0414 e. The number of para-hydroxylation sites is 1. The molecule has 2 atom stereocenters. The summed E-state index contributed by atoms with van der Waals surface area (Å²) in [7, 11) is 2.05. The quantitative estimate of drug-likeness (QED) is 0.813. The van der Waals surface area contributed by atoms with Crippen molar-refractivity contribution in [2.75, 3.05) is 18.5 Å². The van der Waals surface area contributed by atoms with Crippen LogP contribution >= 0.6 is 0 Å². The minimum absolute atomic E-state index is 0.510. The summed E-state index contributed by atoms with van der Waals surface area (Å²) in [6, 6.07) is 9.68. The number of hydrogen-bond acceptors (Lipinski definition) is 2. The van der Waals surface area contributed by atoms with Crippen LogP contribution in [0.5, 0.6) is 0 Å². The predicted molar refractivity (Wildman–Crippen MR) is 76.8 cm³/mol. The smallest absolute Gasteiger partial charge is 0.0414 e. The van der Waals surface area contributed by atoms with Crippen LogP contribution in [0.4, 0.5) is 5.69 Å². The van der Waals surface area contributed by atoms with Gasteiger partial charge in [0.2, 0.25) is 0 Å². The molecule has 0 fully saturated rings. The number of benzene rings is 1. The van der Waals surface area contributed by atoms with Gasteiger partial charge in [-0.25, -0.2) is 0 Å². The molecule has 0 heterocycles. The highest BCUT2D eigenvalue weighted by molar-refractivity contribution is 5.53. The number of likely N-dealkylation sites (N-methyl/N-ethyl adjacent to an activating group) is 2. The van der Waals surface area contributed by atoms with Crippen LogP contribution in [0.2, 0.25) is 0 Å². The highest BCUT2D eigenvalue weighted by atomic mass is 15.2. The Morgan fingerprint density at radius 2 is 1.88 bits per heavy atom. The second kappa shape index (κ2) is 6.65. The summed E-state index contributed by atoms with van der Waals surface area (Å²) in [6.07, 6.45) is 1.15. The fourth-order valence-electron chi connectivity index (χ4n) is 2.57. The Kier molecular flexibility index (Phi) is 5.49. The molecule has 17 heavy (non-hydrogen) atoms. The second-order valence-electron chi connectivity index (χ2n) is 4.62. The topological polar surface area (TPSA) is 15.3 Å². The van der Waals surface area contributed by atoms with Gasteiger partial charge in [0.05, 0.1) is 0 Å². The number of anilines is 1. The van der Waals surface area contributed by atoms with E-state index in [-0.39, 0.29) is 0 Å². The van der Waals surface area contributed by atoms with Gasteiger partial charge in [-0.15, -0.1) is 0 Å². The summed E-state index contributed by atoms with van der Waals surface area (Å²) in [5.41, 5.74) is 2.71. The van der Waals surface area contributed by atoms with Crippen molar-refractivity contribution in [3.05, 3.63) is 29.8 Å². The summed E-state index contributed by atoms with van der Waals surface area (Å²) < 4.78 is 0. The molecule has 0 amide bonds. The molecule has 0 aromatic heterocycles. The Bertz CT molecular complexity index is 331. The minimum atomic E-state index is 0.510. The third kappa shape index (κ3) is 3.22. The van der Waals surface area contributed by atoms with Crippen LogP contribution in [0, 0.1) is 6.92 Å². The molecule has 0 saturated heterocycles. The van der Waals surface area contributed by atoms with Gasteiger partial charge in [-0.2, -0.15) is 0 Å². The van der Waals surface area contributed by atoms with Crippen LogP contribution in [-0.4, -0.2) is 25.7 Å². The van der Waals surface area contributed by atoms with Crippen LogP contribution in [0.15, 0.2) is 24.3 Å². The predicted octanol–water partition coefficient (Wildman–Crippen LogP) is 3.21. The van der Waals surface area contributed by atoms with Crippen molar-refractivity contribution in [3.63, 3.8) is 0 Å². The van der Waals surface area contributed by atoms with Crippen molar-refractivity contribution in [1.29, 1.82) is 0 Å². The Hall–Kier alpha value is -1.02. The van der Waals surface area contributed by atoms with Crippen molar-refractivity contribution in [3.8, 4) is 0 Å². The van der Waals surface area contributed by atoms with Crippen LogP contribution in [0.25, 0.3) is 0 Å². The van der Waals surface area contributed by atoms with Crippen molar-refractivity contribution >= 4 is 5.69 Å². The monoisotopic (exact) mass is 234 g/mol. The molecule has 0 saturated carbocycles. The third-order valence-corrected chi connectivity index (χ3v) is 3.65. The first kappa shape index (κ1) is 14.0. The molecular formula is C15H26N2. The van der Waals surface area contributed by atoms with Crippen molar-refractivity contribution in [1.82, 2.24) is 5.32 Å². The van der Waals surface area contributed by atoms with Gasteiger partial charge in [-0.1, -0.05) is 25.1 Å². The molecule has 2 heteroatoms. The van der Waals surface area contributed by atoms with Gasteiger partial charge < -0.3 is 10.2 Å². The van der Waals surface area contributed by atoms with Crippen molar-refractivity contribution in [2.45, 2.75) is 46.2 Å². The van der Waals surface area contributed by atoms with Crippen molar-refractivity contribution in [2.24, 2.45) is 0 Å². The summed E-state index contributed by atoms with van der Waals surface area (Å²) in [6.45, 7) is 10.0. The Morgan fingerprint density at radius 3 is 2.35 bits per heavy atom. The van der Waals surface area contributed by atoms with Crippen LogP contribution in [-0.2, 0) is 0 Å². The molecular weight excluding hydrogens is 208 g/mol. The van der Waals surface area contributed by atoms with E-state index >= 15 is 0 Å². The summed E-state index contributed by atoms with van der Waals surface area (Å²) in [4.78, 5) is 2.49. The zero-order valence-corrected chi connectivity index (χ0v) is 11.8. The number of rotatable bonds is 6. The minimum Gasteiger partial charge on any atom is -0.367 e. The average molecular weight is 234 g/mol. The van der Waals surface area contributed by atoms with Gasteiger partial charge in [0.25, 0.3) is 0 Å². The molecule has 0 aliphatic carbocycles. The molecule has 2 nitrogen and oxygen atoms in total. The molecule has 0 aliphatic rings. The van der Waals surface area contributed by atoms with E-state index in [0.717, 1.165) is 13.0 Å². The summed E-state index contributed by atoms with van der Waals surface area (Å²) in [5, 5.41) is 3.41. The van der Waals surface area contributed by atoms with Crippen LogP contribution in [0.3, 0.4) is 0 Å². The lowest BCUT2D eigenvalue weighted by atomic mass is 10.0. The van der Waals surface area contributed by atoms with Gasteiger partial charge in [0, 0.05) is 24.3 Å². The first-order valence-corrected chi connectivity index (χ1v) is 6.65. The fourth-order valence-corrected chi connectivity index (χ4v) is 2.57. The lowest BCUT2D eigenvalue weighted by Gasteiger charge is -2.36. The Labute approximate surface area is 106 Å². The summed E-state index contributed by atoms with van der Waals surface area (Å²) in [5.74, 6) is 0. The molecule has 0 aliphatic heterocycles. The molecule has 1 aromatic rings. The molecule has 1 N–H and O–H groups in total. The van der Waals surface area contributed by atoms with Gasteiger partial charge in [-0.05, 0) is 45.9 Å². The molecule has 2 unspecified atom stereocenters. The molecule has 0 radical (unpaired) electrons. The maximum atomic E-state index is 3.41. The van der Waals surface area contributed by atoms with E-state index < -0.39 is 0 Å². The highest BCUT2D eigenvalue weighted by Gasteiger charge is 2.20. The van der Waals surface area contributed by atoms with Gasteiger partial charge in [0.1, 0.15) is 0 Å². The normalized spacial score (nSPS) is 14.4. The number of aryl methyl sites for hydroxylation is 1. The Balaban J connectivity index is 2.95. The largest absolute Gasteiger partial charge is 0.367 e. The molecule has 1 rings (SSSR count). The number of nitrogens with zero attached hydrogens (tertiary/aromatic N) is 1. The third-order valence-electron chi connectivity index (χ3n) is 3.65. The van der Waals surface area contributed by atoms with E-state index in [2.05, 4.69) is 69.2 Å². The first-order chi connectivity index (χ1) is 8.15. The maximum absolute atomic E-state index is 3.41. The highest BCUT2D eigenvalue weighted by Crippen LogP contribution is 2.23. The standard InChI is InChI=1S/C15H26N2/c1-6-14(16-5)13(4)17(7-2)15-11-9-8-10-12(15)3/h8-11,13-14,16H,6-7H2,1-5H3. The number of nitrogens with one attached hydrogen (secondary N) is 1.